The molecule has 0 fully saturated rings. The van der Waals surface area contributed by atoms with Crippen molar-refractivity contribution in [2.75, 3.05) is 5.32 Å². The number of amides is 1. The quantitative estimate of drug-likeness (QED) is 0.901. The van der Waals surface area contributed by atoms with Gasteiger partial charge in [0.25, 0.3) is 0 Å². The van der Waals surface area contributed by atoms with Crippen LogP contribution in [-0.2, 0) is 17.8 Å². The number of hydrogen-bond acceptors (Lipinski definition) is 4. The minimum atomic E-state index is -0.0919. The highest BCUT2D eigenvalue weighted by molar-refractivity contribution is 7.09. The Morgan fingerprint density at radius 2 is 2.21 bits per heavy atom. The van der Waals surface area contributed by atoms with Gasteiger partial charge >= 0.3 is 0 Å². The van der Waals surface area contributed by atoms with E-state index in [0.29, 0.717) is 10.7 Å². The Morgan fingerprint density at radius 3 is 2.84 bits per heavy atom. The molecule has 0 spiro atoms. The number of aliphatic hydroxyl groups excluding tert-OH is 1. The molecule has 0 aliphatic rings. The molecular weight excluding hydrogens is 260 g/mol. The van der Waals surface area contributed by atoms with Crippen LogP contribution >= 0.6 is 11.3 Å². The number of thiazole rings is 1. The average Bonchev–Trinajstić information content (AvgIpc) is 2.80. The Morgan fingerprint density at radius 1 is 1.42 bits per heavy atom. The smallest absolute Gasteiger partial charge is 0.231 e. The maximum atomic E-state index is 11.9. The SMILES string of the molecule is Cc1ccc(NC(=O)Cc2nc(CO)cs2)c(C)c1. The first-order chi connectivity index (χ1) is 9.08. The highest BCUT2D eigenvalue weighted by Crippen LogP contribution is 2.17. The van der Waals surface area contributed by atoms with Crippen LogP contribution in [0.3, 0.4) is 0 Å². The minimum absolute atomic E-state index is 0.0881. The van der Waals surface area contributed by atoms with Gasteiger partial charge in [0, 0.05) is 11.1 Å². The molecule has 0 saturated heterocycles. The summed E-state index contributed by atoms with van der Waals surface area (Å²) in [5, 5.41) is 14.3. The van der Waals surface area contributed by atoms with Crippen molar-refractivity contribution < 1.29 is 9.90 Å². The second-order valence-electron chi connectivity index (χ2n) is 4.43. The van der Waals surface area contributed by atoms with Crippen molar-refractivity contribution >= 4 is 22.9 Å². The van der Waals surface area contributed by atoms with E-state index in [9.17, 15) is 4.79 Å². The highest BCUT2D eigenvalue weighted by Gasteiger charge is 2.09. The zero-order valence-corrected chi connectivity index (χ0v) is 11.8. The van der Waals surface area contributed by atoms with E-state index in [1.807, 2.05) is 32.0 Å². The average molecular weight is 276 g/mol. The lowest BCUT2D eigenvalue weighted by Crippen LogP contribution is -2.15. The topological polar surface area (TPSA) is 62.2 Å². The number of nitrogens with zero attached hydrogens (tertiary/aromatic N) is 1. The van der Waals surface area contributed by atoms with Gasteiger partial charge in [-0.05, 0) is 25.5 Å². The number of carbonyl (C=O) groups excluding carboxylic acids is 1. The van der Waals surface area contributed by atoms with E-state index in [2.05, 4.69) is 10.3 Å². The second-order valence-corrected chi connectivity index (χ2v) is 5.38. The molecule has 1 amide bonds. The molecule has 5 heteroatoms. The molecule has 2 rings (SSSR count). The number of rotatable bonds is 4. The van der Waals surface area contributed by atoms with Crippen molar-refractivity contribution in [3.8, 4) is 0 Å². The molecule has 0 bridgehead atoms. The molecule has 1 heterocycles. The first-order valence-electron chi connectivity index (χ1n) is 5.99. The third kappa shape index (κ3) is 3.62. The lowest BCUT2D eigenvalue weighted by atomic mass is 10.1. The number of aliphatic hydroxyl groups is 1. The molecule has 19 heavy (non-hydrogen) atoms. The first kappa shape index (κ1) is 13.7. The van der Waals surface area contributed by atoms with Gasteiger partial charge in [0.15, 0.2) is 0 Å². The Hall–Kier alpha value is -1.72. The van der Waals surface area contributed by atoms with Crippen LogP contribution in [0.1, 0.15) is 21.8 Å². The Balaban J connectivity index is 2.01. The summed E-state index contributed by atoms with van der Waals surface area (Å²) < 4.78 is 0. The Bertz CT molecular complexity index is 593. The van der Waals surface area contributed by atoms with Crippen LogP contribution in [0.5, 0.6) is 0 Å². The van der Waals surface area contributed by atoms with Crippen molar-refractivity contribution in [3.63, 3.8) is 0 Å². The normalized spacial score (nSPS) is 10.5. The number of hydrogen-bond donors (Lipinski definition) is 2. The van der Waals surface area contributed by atoms with Crippen LogP contribution in [0.2, 0.25) is 0 Å². The van der Waals surface area contributed by atoms with Crippen molar-refractivity contribution in [3.05, 3.63) is 45.4 Å². The van der Waals surface area contributed by atoms with E-state index in [-0.39, 0.29) is 18.9 Å². The third-order valence-electron chi connectivity index (χ3n) is 2.73. The van der Waals surface area contributed by atoms with Crippen LogP contribution in [0, 0.1) is 13.8 Å². The molecule has 4 nitrogen and oxygen atoms in total. The number of nitrogens with one attached hydrogen (secondary N) is 1. The van der Waals surface area contributed by atoms with Crippen LogP contribution in [0.4, 0.5) is 5.69 Å². The standard InChI is InChI=1S/C14H16N2O2S/c1-9-3-4-12(10(2)5-9)16-13(18)6-14-15-11(7-17)8-19-14/h3-5,8,17H,6-7H2,1-2H3,(H,16,18). The number of anilines is 1. The molecule has 2 N–H and O–H groups in total. The van der Waals surface area contributed by atoms with E-state index in [0.717, 1.165) is 11.3 Å². The molecule has 0 atom stereocenters. The summed E-state index contributed by atoms with van der Waals surface area (Å²) in [6.45, 7) is 3.90. The summed E-state index contributed by atoms with van der Waals surface area (Å²) in [5.74, 6) is -0.0919. The summed E-state index contributed by atoms with van der Waals surface area (Å²) in [4.78, 5) is 16.1. The van der Waals surface area contributed by atoms with E-state index in [1.165, 1.54) is 16.9 Å². The monoisotopic (exact) mass is 276 g/mol. The largest absolute Gasteiger partial charge is 0.390 e. The van der Waals surface area contributed by atoms with E-state index >= 15 is 0 Å². The van der Waals surface area contributed by atoms with Gasteiger partial charge in [0.1, 0.15) is 5.01 Å². The number of benzene rings is 1. The van der Waals surface area contributed by atoms with Crippen LogP contribution in [0.25, 0.3) is 0 Å². The lowest BCUT2D eigenvalue weighted by molar-refractivity contribution is -0.115. The van der Waals surface area contributed by atoms with Gasteiger partial charge in [0.05, 0.1) is 18.7 Å². The van der Waals surface area contributed by atoms with Crippen LogP contribution < -0.4 is 5.32 Å². The van der Waals surface area contributed by atoms with Gasteiger partial charge in [-0.2, -0.15) is 0 Å². The molecule has 0 radical (unpaired) electrons. The predicted molar refractivity (Wildman–Crippen MR) is 76.3 cm³/mol. The first-order valence-corrected chi connectivity index (χ1v) is 6.87. The zero-order valence-electron chi connectivity index (χ0n) is 10.9. The van der Waals surface area contributed by atoms with E-state index in [1.54, 1.807) is 5.38 Å². The molecule has 0 aliphatic heterocycles. The van der Waals surface area contributed by atoms with Crippen molar-refractivity contribution in [1.82, 2.24) is 4.98 Å². The summed E-state index contributed by atoms with van der Waals surface area (Å²) in [6.07, 6.45) is 0.234. The molecule has 0 aliphatic carbocycles. The fourth-order valence-electron chi connectivity index (χ4n) is 1.79. The molecule has 100 valence electrons. The fourth-order valence-corrected chi connectivity index (χ4v) is 2.57. The van der Waals surface area contributed by atoms with Gasteiger partial charge in [-0.1, -0.05) is 17.7 Å². The number of aryl methyl sites for hydroxylation is 2. The summed E-state index contributed by atoms with van der Waals surface area (Å²) in [6, 6.07) is 5.91. The van der Waals surface area contributed by atoms with Crippen molar-refractivity contribution in [1.29, 1.82) is 0 Å². The fraction of sp³-hybridized carbons (Fsp3) is 0.286. The van der Waals surface area contributed by atoms with Crippen molar-refractivity contribution in [2.24, 2.45) is 0 Å². The van der Waals surface area contributed by atoms with Gasteiger partial charge in [0.2, 0.25) is 5.91 Å². The maximum absolute atomic E-state index is 11.9. The summed E-state index contributed by atoms with van der Waals surface area (Å²) >= 11 is 1.39. The molecule has 0 saturated carbocycles. The Kier molecular flexibility index (Phi) is 4.29. The van der Waals surface area contributed by atoms with E-state index < -0.39 is 0 Å². The maximum Gasteiger partial charge on any atom is 0.231 e. The highest BCUT2D eigenvalue weighted by atomic mass is 32.1. The van der Waals surface area contributed by atoms with Gasteiger partial charge < -0.3 is 10.4 Å². The van der Waals surface area contributed by atoms with Crippen LogP contribution in [0.15, 0.2) is 23.6 Å². The van der Waals surface area contributed by atoms with Gasteiger partial charge in [-0.15, -0.1) is 11.3 Å². The van der Waals surface area contributed by atoms with Gasteiger partial charge in [-0.3, -0.25) is 4.79 Å². The summed E-state index contributed by atoms with van der Waals surface area (Å²) in [7, 11) is 0. The summed E-state index contributed by atoms with van der Waals surface area (Å²) in [5.41, 5.74) is 3.65. The third-order valence-corrected chi connectivity index (χ3v) is 3.63. The van der Waals surface area contributed by atoms with Crippen molar-refractivity contribution in [2.45, 2.75) is 26.9 Å². The molecule has 0 unspecified atom stereocenters. The molecular formula is C14H16N2O2S. The van der Waals surface area contributed by atoms with Crippen LogP contribution in [-0.4, -0.2) is 16.0 Å². The molecule has 1 aromatic carbocycles. The minimum Gasteiger partial charge on any atom is -0.390 e. The predicted octanol–water partition coefficient (Wildman–Crippen LogP) is 2.43. The zero-order chi connectivity index (χ0) is 13.8. The Labute approximate surface area is 116 Å². The lowest BCUT2D eigenvalue weighted by Gasteiger charge is -2.08. The number of carbonyl (C=O) groups is 1. The molecule has 2 aromatic rings. The second kappa shape index (κ2) is 5.95. The number of aromatic nitrogens is 1. The van der Waals surface area contributed by atoms with Gasteiger partial charge in [-0.25, -0.2) is 4.98 Å². The molecule has 1 aromatic heterocycles. The van der Waals surface area contributed by atoms with E-state index in [4.69, 9.17) is 5.11 Å².